The highest BCUT2D eigenvalue weighted by Gasteiger charge is 2.24. The van der Waals surface area contributed by atoms with Crippen molar-refractivity contribution in [3.05, 3.63) is 92.6 Å². The fraction of sp³-hybridized carbons (Fsp3) is 0.250. The van der Waals surface area contributed by atoms with E-state index < -0.39 is 0 Å². The number of pyridine rings is 2. The molecule has 6 nitrogen and oxygen atoms in total. The van der Waals surface area contributed by atoms with Gasteiger partial charge in [-0.3, -0.25) is 10.1 Å². The molecule has 0 unspecified atom stereocenters. The molecular weight excluding hydrogens is 412 g/mol. The molecule has 1 saturated heterocycles. The molecule has 2 N–H and O–H groups in total. The van der Waals surface area contributed by atoms with Gasteiger partial charge in [0.15, 0.2) is 0 Å². The Bertz CT molecular complexity index is 1210. The highest BCUT2D eigenvalue weighted by atomic mass is 35.5. The molecule has 0 spiro atoms. The lowest BCUT2D eigenvalue weighted by atomic mass is 10.0. The molecule has 1 fully saturated rings. The number of rotatable bonds is 4. The van der Waals surface area contributed by atoms with E-state index in [2.05, 4.69) is 22.0 Å². The van der Waals surface area contributed by atoms with Crippen LogP contribution < -0.4 is 15.8 Å². The molecule has 0 bridgehead atoms. The van der Waals surface area contributed by atoms with E-state index in [4.69, 9.17) is 16.3 Å². The fourth-order valence-corrected chi connectivity index (χ4v) is 4.53. The lowest BCUT2D eigenvalue weighted by molar-refractivity contribution is -0.495. The molecule has 4 heterocycles. The van der Waals surface area contributed by atoms with E-state index in [1.807, 2.05) is 49.0 Å². The van der Waals surface area contributed by atoms with Crippen LogP contribution in [-0.4, -0.2) is 35.9 Å². The Morgan fingerprint density at radius 2 is 2.00 bits per heavy atom. The van der Waals surface area contributed by atoms with Crippen molar-refractivity contribution in [1.82, 2.24) is 9.55 Å². The molecule has 0 aliphatic carbocycles. The monoisotopic (exact) mass is 435 g/mol. The van der Waals surface area contributed by atoms with Gasteiger partial charge < -0.3 is 14.2 Å². The lowest BCUT2D eigenvalue weighted by Gasteiger charge is -2.28. The molecule has 0 saturated carbocycles. The molecule has 158 valence electrons. The number of quaternary nitrogens is 1. The zero-order valence-electron chi connectivity index (χ0n) is 17.3. The van der Waals surface area contributed by atoms with Crippen molar-refractivity contribution in [2.45, 2.75) is 13.5 Å². The summed E-state index contributed by atoms with van der Waals surface area (Å²) in [6.07, 6.45) is 5.81. The molecule has 2 aromatic heterocycles. The van der Waals surface area contributed by atoms with Crippen LogP contribution in [0.25, 0.3) is 5.57 Å². The molecule has 1 aromatic carbocycles. The van der Waals surface area contributed by atoms with Gasteiger partial charge in [-0.25, -0.2) is 4.98 Å². The number of hydrogen-bond acceptors (Lipinski definition) is 4. The van der Waals surface area contributed by atoms with Crippen LogP contribution in [0.4, 0.5) is 11.5 Å². The topological polar surface area (TPSA) is 64.0 Å². The van der Waals surface area contributed by atoms with E-state index in [0.29, 0.717) is 11.6 Å². The molecule has 0 radical (unpaired) electrons. The van der Waals surface area contributed by atoms with Crippen molar-refractivity contribution in [3.63, 3.8) is 0 Å². The number of fused-ring (bicyclic) bond motifs is 1. The van der Waals surface area contributed by atoms with Crippen LogP contribution in [0.1, 0.15) is 22.3 Å². The number of nitrogens with two attached hydrogens (primary N) is 1. The Balaban J connectivity index is 1.42. The average Bonchev–Trinajstić information content (AvgIpc) is 3.18. The first kappa shape index (κ1) is 20.0. The number of ether oxygens (including phenoxy) is 1. The van der Waals surface area contributed by atoms with Crippen LogP contribution in [0.3, 0.4) is 0 Å². The third kappa shape index (κ3) is 4.14. The third-order valence-corrected chi connectivity index (χ3v) is 5.96. The van der Waals surface area contributed by atoms with Crippen molar-refractivity contribution in [2.75, 3.05) is 31.2 Å². The SMILES string of the molecule is Cc1cc(Cl)cc(Cn2ccc(C3=C[NH2+]c4ncc(N5CCOCC5)cc43)cc2=O)c1. The summed E-state index contributed by atoms with van der Waals surface area (Å²) in [6.45, 7) is 5.68. The number of benzene rings is 1. The van der Waals surface area contributed by atoms with Crippen LogP contribution in [0.2, 0.25) is 5.02 Å². The number of nitrogens with zero attached hydrogens (tertiary/aromatic N) is 3. The molecule has 0 atom stereocenters. The van der Waals surface area contributed by atoms with Gasteiger partial charge in [-0.1, -0.05) is 17.7 Å². The molecule has 5 rings (SSSR count). The number of anilines is 1. The fourth-order valence-electron chi connectivity index (χ4n) is 4.22. The summed E-state index contributed by atoms with van der Waals surface area (Å²) in [6, 6.07) is 11.7. The Labute approximate surface area is 185 Å². The minimum Gasteiger partial charge on any atom is -0.378 e. The van der Waals surface area contributed by atoms with E-state index in [-0.39, 0.29) is 5.56 Å². The summed E-state index contributed by atoms with van der Waals surface area (Å²) in [7, 11) is 0. The van der Waals surface area contributed by atoms with Crippen LogP contribution in [-0.2, 0) is 11.3 Å². The first-order chi connectivity index (χ1) is 15.1. The largest absolute Gasteiger partial charge is 0.378 e. The summed E-state index contributed by atoms with van der Waals surface area (Å²) in [5.74, 6) is 0.936. The Kier molecular flexibility index (Phi) is 5.36. The maximum absolute atomic E-state index is 12.9. The zero-order chi connectivity index (χ0) is 21.4. The molecule has 2 aliphatic heterocycles. The summed E-state index contributed by atoms with van der Waals surface area (Å²) in [4.78, 5) is 19.8. The predicted molar refractivity (Wildman–Crippen MR) is 122 cm³/mol. The predicted octanol–water partition coefficient (Wildman–Crippen LogP) is 2.69. The minimum atomic E-state index is -0.0400. The summed E-state index contributed by atoms with van der Waals surface area (Å²) in [5.41, 5.74) is 6.14. The van der Waals surface area contributed by atoms with Gasteiger partial charge in [-0.05, 0) is 47.9 Å². The first-order valence-corrected chi connectivity index (χ1v) is 10.8. The van der Waals surface area contributed by atoms with E-state index in [9.17, 15) is 4.79 Å². The molecule has 2 aliphatic rings. The van der Waals surface area contributed by atoms with Gasteiger partial charge in [0.05, 0.1) is 42.8 Å². The number of hydrogen-bond donors (Lipinski definition) is 1. The highest BCUT2D eigenvalue weighted by molar-refractivity contribution is 6.30. The van der Waals surface area contributed by atoms with Gasteiger partial charge in [-0.15, -0.1) is 0 Å². The zero-order valence-corrected chi connectivity index (χ0v) is 18.1. The molecule has 7 heteroatoms. The highest BCUT2D eigenvalue weighted by Crippen LogP contribution is 2.31. The van der Waals surface area contributed by atoms with Crippen molar-refractivity contribution in [1.29, 1.82) is 0 Å². The lowest BCUT2D eigenvalue weighted by Crippen LogP contribution is -2.70. The second-order valence-corrected chi connectivity index (χ2v) is 8.43. The van der Waals surface area contributed by atoms with E-state index in [1.54, 1.807) is 10.6 Å². The van der Waals surface area contributed by atoms with Gasteiger partial charge in [0.25, 0.3) is 5.56 Å². The smallest absolute Gasteiger partial charge is 0.251 e. The number of aryl methyl sites for hydroxylation is 1. The minimum absolute atomic E-state index is 0.0400. The summed E-state index contributed by atoms with van der Waals surface area (Å²) >= 11 is 6.17. The maximum Gasteiger partial charge on any atom is 0.251 e. The Morgan fingerprint density at radius 1 is 1.16 bits per heavy atom. The maximum atomic E-state index is 12.9. The summed E-state index contributed by atoms with van der Waals surface area (Å²) < 4.78 is 7.17. The molecule has 31 heavy (non-hydrogen) atoms. The van der Waals surface area contributed by atoms with Crippen molar-refractivity contribution < 1.29 is 10.1 Å². The third-order valence-electron chi connectivity index (χ3n) is 5.74. The van der Waals surface area contributed by atoms with Crippen molar-refractivity contribution in [2.24, 2.45) is 0 Å². The number of aromatic nitrogens is 2. The standard InChI is InChI=1S/C24H23ClN4O2/c1-16-8-17(10-19(25)9-16)15-29-3-2-18(11-23(29)30)22-14-27-24-21(22)12-20(13-26-24)28-4-6-31-7-5-28/h2-3,8-14H,4-7,15H2,1H3,(H,26,27)/p+1. The van der Waals surface area contributed by atoms with E-state index >= 15 is 0 Å². The van der Waals surface area contributed by atoms with Gasteiger partial charge in [-0.2, -0.15) is 0 Å². The Morgan fingerprint density at radius 3 is 2.77 bits per heavy atom. The quantitative estimate of drug-likeness (QED) is 0.684. The van der Waals surface area contributed by atoms with Gasteiger partial charge in [0.1, 0.15) is 6.20 Å². The van der Waals surface area contributed by atoms with Gasteiger partial charge >= 0.3 is 0 Å². The Hall–Kier alpha value is -2.93. The second-order valence-electron chi connectivity index (χ2n) is 7.99. The average molecular weight is 436 g/mol. The van der Waals surface area contributed by atoms with Crippen LogP contribution in [0, 0.1) is 6.92 Å². The van der Waals surface area contributed by atoms with Gasteiger partial charge in [0, 0.05) is 30.4 Å². The van der Waals surface area contributed by atoms with Crippen LogP contribution in [0.5, 0.6) is 0 Å². The number of morpholine rings is 1. The molecular formula is C24H24ClN4O2+. The second kappa shape index (κ2) is 8.30. The summed E-state index contributed by atoms with van der Waals surface area (Å²) in [5, 5.41) is 2.69. The van der Waals surface area contributed by atoms with Gasteiger partial charge in [0.2, 0.25) is 5.82 Å². The molecule has 0 amide bonds. The van der Waals surface area contributed by atoms with E-state index in [1.165, 1.54) is 0 Å². The number of halogens is 1. The normalized spacial score (nSPS) is 15.7. The van der Waals surface area contributed by atoms with Crippen molar-refractivity contribution >= 4 is 28.7 Å². The first-order valence-electron chi connectivity index (χ1n) is 10.4. The van der Waals surface area contributed by atoms with Crippen LogP contribution >= 0.6 is 11.6 Å². The van der Waals surface area contributed by atoms with Crippen molar-refractivity contribution in [3.8, 4) is 0 Å². The van der Waals surface area contributed by atoms with E-state index in [0.717, 1.165) is 65.6 Å². The molecule has 3 aromatic rings. The van der Waals surface area contributed by atoms with Crippen LogP contribution in [0.15, 0.2) is 59.8 Å².